The molecule has 3 nitrogen and oxygen atoms in total. The highest BCUT2D eigenvalue weighted by molar-refractivity contribution is 9.10. The predicted octanol–water partition coefficient (Wildman–Crippen LogP) is 4.44. The molecule has 0 aromatic heterocycles. The van der Waals surface area contributed by atoms with Crippen LogP contribution in [0.1, 0.15) is 22.8 Å². The molecule has 22 heavy (non-hydrogen) atoms. The molecule has 0 heterocycles. The highest BCUT2D eigenvalue weighted by atomic mass is 79.9. The normalized spacial score (nSPS) is 10.7. The van der Waals surface area contributed by atoms with E-state index in [0.717, 1.165) is 4.47 Å². The molecule has 0 fully saturated rings. The van der Waals surface area contributed by atoms with Crippen LogP contribution in [0.3, 0.4) is 0 Å². The molecule has 5 heteroatoms. The van der Waals surface area contributed by atoms with Crippen LogP contribution < -0.4 is 5.32 Å². The lowest BCUT2D eigenvalue weighted by Gasteiger charge is -2.03. The molecule has 112 valence electrons. The molecule has 1 N–H and O–H groups in total. The van der Waals surface area contributed by atoms with Crippen LogP contribution in [0, 0.1) is 5.82 Å². The van der Waals surface area contributed by atoms with Crippen LogP contribution in [0.15, 0.2) is 53.0 Å². The smallest absolute Gasteiger partial charge is 0.248 e. The number of ketones is 1. The minimum atomic E-state index is -0.405. The summed E-state index contributed by atoms with van der Waals surface area (Å²) >= 11 is 3.25. The van der Waals surface area contributed by atoms with Crippen LogP contribution in [0.25, 0.3) is 6.08 Å². The lowest BCUT2D eigenvalue weighted by Crippen LogP contribution is -2.07. The number of carbonyl (C=O) groups is 2. The van der Waals surface area contributed by atoms with Crippen molar-refractivity contribution in [2.45, 2.75) is 6.92 Å². The van der Waals surface area contributed by atoms with Gasteiger partial charge in [-0.1, -0.05) is 15.9 Å². The molecule has 0 saturated carbocycles. The molecule has 2 aromatic carbocycles. The second kappa shape index (κ2) is 7.13. The summed E-state index contributed by atoms with van der Waals surface area (Å²) in [5.41, 5.74) is 1.45. The molecular weight excluding hydrogens is 349 g/mol. The first kappa shape index (κ1) is 16.1. The molecule has 0 radical (unpaired) electrons. The highest BCUT2D eigenvalue weighted by Crippen LogP contribution is 2.17. The number of carbonyl (C=O) groups excluding carboxylic acids is 2. The van der Waals surface area contributed by atoms with E-state index in [0.29, 0.717) is 16.8 Å². The van der Waals surface area contributed by atoms with Crippen molar-refractivity contribution in [3.05, 3.63) is 70.0 Å². The Morgan fingerprint density at radius 3 is 2.45 bits per heavy atom. The summed E-state index contributed by atoms with van der Waals surface area (Å²) in [6.45, 7) is 1.48. The van der Waals surface area contributed by atoms with Gasteiger partial charge in [-0.3, -0.25) is 9.59 Å². The van der Waals surface area contributed by atoms with Crippen molar-refractivity contribution in [1.29, 1.82) is 0 Å². The average molecular weight is 362 g/mol. The van der Waals surface area contributed by atoms with Gasteiger partial charge in [-0.05, 0) is 55.5 Å². The molecule has 2 rings (SSSR count). The fraction of sp³-hybridized carbons (Fsp3) is 0.0588. The molecule has 1 amide bonds. The van der Waals surface area contributed by atoms with Crippen LogP contribution in [-0.4, -0.2) is 11.7 Å². The Morgan fingerprint density at radius 1 is 1.14 bits per heavy atom. The van der Waals surface area contributed by atoms with Crippen molar-refractivity contribution in [2.75, 3.05) is 5.32 Å². The maximum Gasteiger partial charge on any atom is 0.248 e. The SMILES string of the molecule is CC(=O)c1ccc(NC(=O)/C=C/c2cc(Br)ccc2F)cc1. The highest BCUT2D eigenvalue weighted by Gasteiger charge is 2.03. The Bertz CT molecular complexity index is 739. The van der Waals surface area contributed by atoms with Crippen LogP contribution in [0.2, 0.25) is 0 Å². The zero-order valence-electron chi connectivity index (χ0n) is 11.8. The van der Waals surface area contributed by atoms with Crippen LogP contribution >= 0.6 is 15.9 Å². The summed E-state index contributed by atoms with van der Waals surface area (Å²) in [5, 5.41) is 2.64. The Morgan fingerprint density at radius 2 is 1.82 bits per heavy atom. The largest absolute Gasteiger partial charge is 0.323 e. The Kier molecular flexibility index (Phi) is 5.22. The van der Waals surface area contributed by atoms with Crippen molar-refractivity contribution in [3.63, 3.8) is 0 Å². The van der Waals surface area contributed by atoms with E-state index in [1.165, 1.54) is 25.1 Å². The summed E-state index contributed by atoms with van der Waals surface area (Å²) in [4.78, 5) is 23.0. The Labute approximate surface area is 136 Å². The van der Waals surface area contributed by atoms with Crippen molar-refractivity contribution in [3.8, 4) is 0 Å². The van der Waals surface area contributed by atoms with E-state index in [1.807, 2.05) is 0 Å². The van der Waals surface area contributed by atoms with Gasteiger partial charge >= 0.3 is 0 Å². The molecule has 0 saturated heterocycles. The summed E-state index contributed by atoms with van der Waals surface area (Å²) in [5.74, 6) is -0.823. The van der Waals surface area contributed by atoms with Crippen molar-refractivity contribution < 1.29 is 14.0 Å². The minimum Gasteiger partial charge on any atom is -0.323 e. The van der Waals surface area contributed by atoms with Gasteiger partial charge in [0.15, 0.2) is 5.78 Å². The van der Waals surface area contributed by atoms with E-state index < -0.39 is 5.82 Å². The van der Waals surface area contributed by atoms with Gasteiger partial charge < -0.3 is 5.32 Å². The number of halogens is 2. The summed E-state index contributed by atoms with van der Waals surface area (Å²) in [7, 11) is 0. The second-order valence-electron chi connectivity index (χ2n) is 4.62. The topological polar surface area (TPSA) is 46.2 Å². The zero-order valence-corrected chi connectivity index (χ0v) is 13.4. The van der Waals surface area contributed by atoms with E-state index in [-0.39, 0.29) is 11.7 Å². The molecule has 0 spiro atoms. The van der Waals surface area contributed by atoms with E-state index >= 15 is 0 Å². The summed E-state index contributed by atoms with van der Waals surface area (Å²) in [6, 6.07) is 11.0. The van der Waals surface area contributed by atoms with Gasteiger partial charge in [-0.25, -0.2) is 4.39 Å². The average Bonchev–Trinajstić information content (AvgIpc) is 2.49. The maximum atomic E-state index is 13.5. The van der Waals surface area contributed by atoms with Gasteiger partial charge in [0.05, 0.1) is 0 Å². The Hall–Kier alpha value is -2.27. The number of hydrogen-bond acceptors (Lipinski definition) is 2. The van der Waals surface area contributed by atoms with Crippen LogP contribution in [0.4, 0.5) is 10.1 Å². The van der Waals surface area contributed by atoms with Crippen molar-refractivity contribution >= 4 is 39.4 Å². The molecule has 0 aliphatic carbocycles. The number of amides is 1. The number of hydrogen-bond donors (Lipinski definition) is 1. The number of anilines is 1. The number of nitrogens with one attached hydrogen (secondary N) is 1. The summed E-state index contributed by atoms with van der Waals surface area (Å²) < 4.78 is 14.3. The van der Waals surface area contributed by atoms with E-state index in [4.69, 9.17) is 0 Å². The van der Waals surface area contributed by atoms with E-state index in [2.05, 4.69) is 21.2 Å². The first-order chi connectivity index (χ1) is 10.5. The zero-order chi connectivity index (χ0) is 16.1. The van der Waals surface area contributed by atoms with Crippen LogP contribution in [-0.2, 0) is 4.79 Å². The molecule has 0 atom stereocenters. The Balaban J connectivity index is 2.04. The molecule has 2 aromatic rings. The van der Waals surface area contributed by atoms with Gasteiger partial charge in [0.2, 0.25) is 5.91 Å². The van der Waals surface area contributed by atoms with Gasteiger partial charge in [0, 0.05) is 27.4 Å². The maximum absolute atomic E-state index is 13.5. The first-order valence-electron chi connectivity index (χ1n) is 6.51. The fourth-order valence-corrected chi connectivity index (χ4v) is 2.16. The number of benzene rings is 2. The second-order valence-corrected chi connectivity index (χ2v) is 5.54. The van der Waals surface area contributed by atoms with E-state index in [1.54, 1.807) is 36.4 Å². The van der Waals surface area contributed by atoms with E-state index in [9.17, 15) is 14.0 Å². The number of Topliss-reactive ketones (excluding diaryl/α,β-unsaturated/α-hetero) is 1. The molecule has 0 aliphatic rings. The van der Waals surface area contributed by atoms with Gasteiger partial charge in [-0.2, -0.15) is 0 Å². The number of rotatable bonds is 4. The lowest BCUT2D eigenvalue weighted by atomic mass is 10.1. The molecule has 0 bridgehead atoms. The first-order valence-corrected chi connectivity index (χ1v) is 7.30. The quantitative estimate of drug-likeness (QED) is 0.646. The standard InChI is InChI=1S/C17H13BrFNO2/c1-11(21)12-2-6-15(7-3-12)20-17(22)9-4-13-10-14(18)5-8-16(13)19/h2-10H,1H3,(H,20,22)/b9-4+. The van der Waals surface area contributed by atoms with Crippen molar-refractivity contribution in [2.24, 2.45) is 0 Å². The molecule has 0 aliphatic heterocycles. The van der Waals surface area contributed by atoms with Crippen LogP contribution in [0.5, 0.6) is 0 Å². The summed E-state index contributed by atoms with van der Waals surface area (Å²) in [6.07, 6.45) is 2.66. The fourth-order valence-electron chi connectivity index (χ4n) is 1.78. The van der Waals surface area contributed by atoms with Crippen molar-refractivity contribution in [1.82, 2.24) is 0 Å². The molecular formula is C17H13BrFNO2. The third-order valence-corrected chi connectivity index (χ3v) is 3.42. The predicted molar refractivity (Wildman–Crippen MR) is 88.2 cm³/mol. The van der Waals surface area contributed by atoms with Gasteiger partial charge in [0.25, 0.3) is 0 Å². The monoisotopic (exact) mass is 361 g/mol. The molecule has 0 unspecified atom stereocenters. The third kappa shape index (κ3) is 4.36. The van der Waals surface area contributed by atoms with Gasteiger partial charge in [0.1, 0.15) is 5.82 Å². The lowest BCUT2D eigenvalue weighted by molar-refractivity contribution is -0.111. The third-order valence-electron chi connectivity index (χ3n) is 2.93. The minimum absolute atomic E-state index is 0.0390. The van der Waals surface area contributed by atoms with Gasteiger partial charge in [-0.15, -0.1) is 0 Å².